The maximum Gasteiger partial charge on any atom is 0.427 e. The molecule has 1 fully saturated rings. The molecule has 1 saturated heterocycles. The van der Waals surface area contributed by atoms with Gasteiger partial charge in [-0.1, -0.05) is 0 Å². The minimum atomic E-state index is -6.12. The van der Waals surface area contributed by atoms with Crippen molar-refractivity contribution in [2.75, 3.05) is 13.1 Å². The van der Waals surface area contributed by atoms with Crippen LogP contribution in [0.1, 0.15) is 20.8 Å². The minimum absolute atomic E-state index is 0.291. The lowest BCUT2D eigenvalue weighted by Gasteiger charge is -2.55. The van der Waals surface area contributed by atoms with Gasteiger partial charge in [-0.25, -0.2) is 4.79 Å². The number of hydrogen-bond acceptors (Lipinski definition) is 3. The molecule has 0 aliphatic carbocycles. The smallest absolute Gasteiger partial charge is 0.427 e. The van der Waals surface area contributed by atoms with Crippen molar-refractivity contribution in [2.24, 2.45) is 0 Å². The van der Waals surface area contributed by atoms with Gasteiger partial charge in [-0.2, -0.15) is 26.3 Å². The first-order valence-electron chi connectivity index (χ1n) is 7.27. The molecule has 1 unspecified atom stereocenters. The van der Waals surface area contributed by atoms with Crippen molar-refractivity contribution in [1.82, 2.24) is 9.80 Å². The third-order valence-electron chi connectivity index (χ3n) is 3.87. The highest BCUT2D eigenvalue weighted by Crippen LogP contribution is 2.44. The molecule has 0 aromatic carbocycles. The number of hydrogen-bond donors (Lipinski definition) is 0. The van der Waals surface area contributed by atoms with Crippen LogP contribution < -0.4 is 0 Å². The van der Waals surface area contributed by atoms with E-state index in [9.17, 15) is 31.1 Å². The summed E-state index contributed by atoms with van der Waals surface area (Å²) in [4.78, 5) is 13.8. The first kappa shape index (κ1) is 23.1. The van der Waals surface area contributed by atoms with Crippen LogP contribution in [0.25, 0.3) is 0 Å². The molecule has 0 aromatic rings. The van der Waals surface area contributed by atoms with Crippen LogP contribution in [-0.2, 0) is 4.74 Å². The van der Waals surface area contributed by atoms with Crippen molar-refractivity contribution in [3.05, 3.63) is 0 Å². The molecule has 0 bridgehead atoms. The maximum absolute atomic E-state index is 12.8. The van der Waals surface area contributed by atoms with Crippen molar-refractivity contribution in [3.63, 3.8) is 0 Å². The predicted molar refractivity (Wildman–Crippen MR) is 84.0 cm³/mol. The van der Waals surface area contributed by atoms with Crippen molar-refractivity contribution in [2.45, 2.75) is 55.4 Å². The summed E-state index contributed by atoms with van der Waals surface area (Å²) in [5.74, 6) is -0.966. The van der Waals surface area contributed by atoms with E-state index >= 15 is 0 Å². The number of alkyl halides is 6. The van der Waals surface area contributed by atoms with Gasteiger partial charge in [0.1, 0.15) is 0 Å². The zero-order valence-corrected chi connectivity index (χ0v) is 14.3. The molecule has 1 aliphatic rings. The standard InChI is InChI=1S/C12H14B4F6N2O2/c1-8(2,3)24-5-9(14,15)23(4-6(24)13)7(25)26-10(16,11(17,18)19)12(20,21)22/h6H,4-5H2,1-3H3. The van der Waals surface area contributed by atoms with Gasteiger partial charge < -0.3 is 14.5 Å². The van der Waals surface area contributed by atoms with Gasteiger partial charge >= 0.3 is 18.4 Å². The average molecular weight is 375 g/mol. The molecule has 0 aromatic heterocycles. The second-order valence-corrected chi connectivity index (χ2v) is 7.07. The quantitative estimate of drug-likeness (QED) is 0.507. The SMILES string of the molecule is [B]C1CN(C(=O)OC([B])(C(F)(F)F)C(F)(F)F)C([B])([B])CN1C(C)(C)C. The van der Waals surface area contributed by atoms with Gasteiger partial charge in [-0.05, 0) is 32.1 Å². The first-order valence-corrected chi connectivity index (χ1v) is 7.27. The summed E-state index contributed by atoms with van der Waals surface area (Å²) in [5, 5.41) is -2.14. The predicted octanol–water partition coefficient (Wildman–Crippen LogP) is 1.01. The van der Waals surface area contributed by atoms with Crippen LogP contribution in [-0.4, -0.2) is 95.0 Å². The highest BCUT2D eigenvalue weighted by Gasteiger charge is 2.70. The Labute approximate surface area is 152 Å². The Bertz CT molecular complexity index is 535. The second kappa shape index (κ2) is 6.60. The van der Waals surface area contributed by atoms with E-state index in [1.165, 1.54) is 0 Å². The molecule has 0 spiro atoms. The Balaban J connectivity index is 3.14. The fourth-order valence-corrected chi connectivity index (χ4v) is 2.38. The van der Waals surface area contributed by atoms with Gasteiger partial charge in [0, 0.05) is 18.6 Å². The molecule has 1 aliphatic heterocycles. The fraction of sp³-hybridized carbons (Fsp3) is 0.917. The number of carbonyl (C=O) groups is 1. The van der Waals surface area contributed by atoms with E-state index in [2.05, 4.69) is 12.6 Å². The van der Waals surface area contributed by atoms with Gasteiger partial charge in [0.05, 0.1) is 23.5 Å². The van der Waals surface area contributed by atoms with Crippen molar-refractivity contribution >= 4 is 37.5 Å². The highest BCUT2D eigenvalue weighted by molar-refractivity contribution is 6.41. The van der Waals surface area contributed by atoms with Gasteiger partial charge in [0.15, 0.2) is 7.85 Å². The second-order valence-electron chi connectivity index (χ2n) is 7.07. The van der Waals surface area contributed by atoms with E-state index in [1.54, 1.807) is 25.7 Å². The molecule has 138 valence electrons. The number of carbonyl (C=O) groups excluding carboxylic acids is 1. The Morgan fingerprint density at radius 3 is 1.85 bits per heavy atom. The summed E-state index contributed by atoms with van der Waals surface area (Å²) in [6.45, 7) is 4.29. The van der Waals surface area contributed by atoms with E-state index in [0.717, 1.165) is 0 Å². The molecule has 14 heteroatoms. The van der Waals surface area contributed by atoms with Gasteiger partial charge in [0.25, 0.3) is 5.50 Å². The van der Waals surface area contributed by atoms with Crippen molar-refractivity contribution in [1.29, 1.82) is 0 Å². The minimum Gasteiger partial charge on any atom is -0.434 e. The Morgan fingerprint density at radius 2 is 1.50 bits per heavy atom. The summed E-state index contributed by atoms with van der Waals surface area (Å²) in [5.41, 5.74) is -5.81. The Hall–Kier alpha value is -0.930. The number of nitrogens with zero attached hydrogens (tertiary/aromatic N) is 2. The molecular formula is C12H14B4F6N2O2. The van der Waals surface area contributed by atoms with Gasteiger partial charge in [-0.3, -0.25) is 0 Å². The third kappa shape index (κ3) is 4.31. The lowest BCUT2D eigenvalue weighted by Crippen LogP contribution is -2.72. The molecule has 0 N–H and O–H groups in total. The summed E-state index contributed by atoms with van der Waals surface area (Å²) in [7, 11) is 21.6. The molecule has 1 heterocycles. The van der Waals surface area contributed by atoms with Gasteiger partial charge in [0.2, 0.25) is 0 Å². The van der Waals surface area contributed by atoms with E-state index in [4.69, 9.17) is 23.5 Å². The third-order valence-corrected chi connectivity index (χ3v) is 3.87. The van der Waals surface area contributed by atoms with Crippen LogP contribution in [0, 0.1) is 0 Å². The van der Waals surface area contributed by atoms with Crippen LogP contribution >= 0.6 is 0 Å². The van der Waals surface area contributed by atoms with Gasteiger partial charge in [-0.15, -0.1) is 0 Å². The first-order chi connectivity index (χ1) is 11.2. The van der Waals surface area contributed by atoms with Crippen LogP contribution in [0.4, 0.5) is 31.1 Å². The van der Waals surface area contributed by atoms with E-state index in [-0.39, 0.29) is 6.54 Å². The van der Waals surface area contributed by atoms with Crippen molar-refractivity contribution < 1.29 is 35.9 Å². The number of amides is 1. The van der Waals surface area contributed by atoms with Crippen molar-refractivity contribution in [3.8, 4) is 0 Å². The van der Waals surface area contributed by atoms with E-state index < -0.39 is 47.3 Å². The number of rotatable bonds is 1. The van der Waals surface area contributed by atoms with Crippen LogP contribution in [0.15, 0.2) is 0 Å². The molecule has 4 nitrogen and oxygen atoms in total. The monoisotopic (exact) mass is 376 g/mol. The summed E-state index contributed by atoms with van der Waals surface area (Å²) < 4.78 is 80.3. The highest BCUT2D eigenvalue weighted by atomic mass is 19.4. The fourth-order valence-electron chi connectivity index (χ4n) is 2.38. The number of ether oxygens (including phenoxy) is 1. The molecule has 26 heavy (non-hydrogen) atoms. The molecule has 0 saturated carbocycles. The molecule has 1 amide bonds. The zero-order valence-electron chi connectivity index (χ0n) is 14.3. The molecule has 1 rings (SSSR count). The summed E-state index contributed by atoms with van der Waals surface area (Å²) >= 11 is 0. The Kier molecular flexibility index (Phi) is 5.86. The number of piperazine rings is 1. The average Bonchev–Trinajstić information content (AvgIpc) is 2.36. The van der Waals surface area contributed by atoms with E-state index in [1.807, 2.05) is 0 Å². The normalized spacial score (nSPS) is 23.0. The topological polar surface area (TPSA) is 32.8 Å². The van der Waals surface area contributed by atoms with Crippen LogP contribution in [0.3, 0.4) is 0 Å². The zero-order chi connectivity index (χ0) is 20.9. The van der Waals surface area contributed by atoms with Crippen LogP contribution in [0.5, 0.6) is 0 Å². The molecular weight excluding hydrogens is 361 g/mol. The summed E-state index contributed by atoms with van der Waals surface area (Å²) in [6.07, 6.45) is -14.3. The maximum atomic E-state index is 12.8. The lowest BCUT2D eigenvalue weighted by molar-refractivity contribution is -0.331. The Morgan fingerprint density at radius 1 is 1.08 bits per heavy atom. The number of halogens is 6. The summed E-state index contributed by atoms with van der Waals surface area (Å²) in [6, 6.07) is 0. The lowest BCUT2D eigenvalue weighted by atomic mass is 9.58. The largest absolute Gasteiger partial charge is 0.434 e. The van der Waals surface area contributed by atoms with E-state index in [0.29, 0.717) is 4.90 Å². The van der Waals surface area contributed by atoms with Crippen LogP contribution in [0.2, 0.25) is 0 Å². The molecule has 8 radical (unpaired) electrons. The molecule has 1 atom stereocenters.